The fourth-order valence-corrected chi connectivity index (χ4v) is 2.87. The van der Waals surface area contributed by atoms with Crippen LogP contribution in [0.25, 0.3) is 0 Å². The molecule has 2 N–H and O–H groups in total. The molecule has 1 aromatic carbocycles. The van der Waals surface area contributed by atoms with E-state index < -0.39 is 0 Å². The Balaban J connectivity index is 1.99. The molecule has 1 aromatic rings. The number of nitrogens with zero attached hydrogens (tertiary/aromatic N) is 1. The molecule has 0 saturated carbocycles. The SMILES string of the molecule is CNCc1cc(Cl)ccc1N1CCC(OCCO)CC1. The summed E-state index contributed by atoms with van der Waals surface area (Å²) < 4.78 is 5.60. The number of halogens is 1. The first-order chi connectivity index (χ1) is 9.74. The van der Waals surface area contributed by atoms with Crippen LogP contribution in [-0.2, 0) is 11.3 Å². The first-order valence-corrected chi connectivity index (χ1v) is 7.53. The van der Waals surface area contributed by atoms with Crippen molar-refractivity contribution in [1.29, 1.82) is 0 Å². The molecule has 112 valence electrons. The van der Waals surface area contributed by atoms with Crippen LogP contribution in [0.4, 0.5) is 5.69 Å². The maximum absolute atomic E-state index is 8.79. The third kappa shape index (κ3) is 4.09. The highest BCUT2D eigenvalue weighted by Gasteiger charge is 2.21. The molecule has 2 rings (SSSR count). The molecule has 1 aliphatic rings. The maximum Gasteiger partial charge on any atom is 0.0701 e. The molecule has 1 aliphatic heterocycles. The number of hydrogen-bond acceptors (Lipinski definition) is 4. The van der Waals surface area contributed by atoms with Gasteiger partial charge in [0.25, 0.3) is 0 Å². The number of benzene rings is 1. The Hall–Kier alpha value is -0.810. The van der Waals surface area contributed by atoms with E-state index in [-0.39, 0.29) is 12.7 Å². The van der Waals surface area contributed by atoms with Crippen LogP contribution in [0, 0.1) is 0 Å². The Morgan fingerprint density at radius 3 is 2.80 bits per heavy atom. The summed E-state index contributed by atoms with van der Waals surface area (Å²) in [5.74, 6) is 0. The summed E-state index contributed by atoms with van der Waals surface area (Å²) in [4.78, 5) is 2.39. The van der Waals surface area contributed by atoms with Gasteiger partial charge in [-0.1, -0.05) is 11.6 Å². The van der Waals surface area contributed by atoms with Crippen LogP contribution >= 0.6 is 11.6 Å². The summed E-state index contributed by atoms with van der Waals surface area (Å²) in [7, 11) is 1.94. The van der Waals surface area contributed by atoms with Gasteiger partial charge in [0, 0.05) is 30.3 Å². The number of nitrogens with one attached hydrogen (secondary N) is 1. The molecule has 0 amide bonds. The zero-order valence-corrected chi connectivity index (χ0v) is 12.7. The Morgan fingerprint density at radius 2 is 2.15 bits per heavy atom. The van der Waals surface area contributed by atoms with Gasteiger partial charge in [0.1, 0.15) is 0 Å². The van der Waals surface area contributed by atoms with Crippen LogP contribution in [-0.4, -0.2) is 44.6 Å². The molecule has 4 nitrogen and oxygen atoms in total. The van der Waals surface area contributed by atoms with Crippen molar-refractivity contribution in [2.45, 2.75) is 25.5 Å². The molecule has 0 radical (unpaired) electrons. The minimum atomic E-state index is 0.101. The fraction of sp³-hybridized carbons (Fsp3) is 0.600. The third-order valence-electron chi connectivity index (χ3n) is 3.64. The highest BCUT2D eigenvalue weighted by Crippen LogP contribution is 2.27. The van der Waals surface area contributed by atoms with Gasteiger partial charge in [0.15, 0.2) is 0 Å². The lowest BCUT2D eigenvalue weighted by molar-refractivity contribution is 0.0159. The lowest BCUT2D eigenvalue weighted by Gasteiger charge is -2.34. The molecule has 1 heterocycles. The van der Waals surface area contributed by atoms with E-state index in [4.69, 9.17) is 21.4 Å². The zero-order valence-electron chi connectivity index (χ0n) is 11.9. The Kier molecular flexibility index (Phi) is 6.10. The quantitative estimate of drug-likeness (QED) is 0.843. The topological polar surface area (TPSA) is 44.7 Å². The summed E-state index contributed by atoms with van der Waals surface area (Å²) in [6.07, 6.45) is 2.28. The van der Waals surface area contributed by atoms with Crippen LogP contribution < -0.4 is 10.2 Å². The monoisotopic (exact) mass is 298 g/mol. The Labute approximate surface area is 125 Å². The number of hydrogen-bond donors (Lipinski definition) is 2. The van der Waals surface area contributed by atoms with E-state index in [0.29, 0.717) is 6.61 Å². The van der Waals surface area contributed by atoms with Crippen molar-refractivity contribution in [3.8, 4) is 0 Å². The summed E-state index contributed by atoms with van der Waals surface area (Å²) in [5, 5.41) is 12.8. The molecule has 0 atom stereocenters. The van der Waals surface area contributed by atoms with E-state index in [0.717, 1.165) is 37.5 Å². The summed E-state index contributed by atoms with van der Waals surface area (Å²) in [6.45, 7) is 3.32. The normalized spacial score (nSPS) is 16.6. The first-order valence-electron chi connectivity index (χ1n) is 7.15. The highest BCUT2D eigenvalue weighted by atomic mass is 35.5. The summed E-state index contributed by atoms with van der Waals surface area (Å²) >= 11 is 6.08. The van der Waals surface area contributed by atoms with Gasteiger partial charge in [-0.25, -0.2) is 0 Å². The second-order valence-electron chi connectivity index (χ2n) is 5.08. The van der Waals surface area contributed by atoms with Crippen molar-refractivity contribution in [3.63, 3.8) is 0 Å². The Morgan fingerprint density at radius 1 is 1.40 bits per heavy atom. The average Bonchev–Trinajstić information content (AvgIpc) is 2.46. The molecule has 0 unspecified atom stereocenters. The zero-order chi connectivity index (χ0) is 14.4. The molecule has 20 heavy (non-hydrogen) atoms. The standard InChI is InChI=1S/C15H23ClN2O2/c1-17-11-12-10-13(16)2-3-15(12)18-6-4-14(5-7-18)20-9-8-19/h2-3,10,14,17,19H,4-9,11H2,1H3. The molecule has 0 aliphatic carbocycles. The van der Waals surface area contributed by atoms with Crippen molar-refractivity contribution in [2.24, 2.45) is 0 Å². The molecule has 1 saturated heterocycles. The van der Waals surface area contributed by atoms with E-state index in [9.17, 15) is 0 Å². The minimum Gasteiger partial charge on any atom is -0.394 e. The van der Waals surface area contributed by atoms with Gasteiger partial charge in [0.05, 0.1) is 19.3 Å². The second kappa shape index (κ2) is 7.84. The van der Waals surface area contributed by atoms with Crippen molar-refractivity contribution in [2.75, 3.05) is 38.3 Å². The predicted molar refractivity (Wildman–Crippen MR) is 82.5 cm³/mol. The van der Waals surface area contributed by atoms with Crippen molar-refractivity contribution in [3.05, 3.63) is 28.8 Å². The van der Waals surface area contributed by atoms with Crippen LogP contribution in [0.1, 0.15) is 18.4 Å². The molecule has 1 fully saturated rings. The average molecular weight is 299 g/mol. The molecule has 0 aromatic heterocycles. The summed E-state index contributed by atoms with van der Waals surface area (Å²) in [5.41, 5.74) is 2.49. The summed E-state index contributed by atoms with van der Waals surface area (Å²) in [6, 6.07) is 6.08. The highest BCUT2D eigenvalue weighted by molar-refractivity contribution is 6.30. The molecule has 5 heteroatoms. The fourth-order valence-electron chi connectivity index (χ4n) is 2.68. The van der Waals surface area contributed by atoms with Gasteiger partial charge in [-0.3, -0.25) is 0 Å². The minimum absolute atomic E-state index is 0.101. The van der Waals surface area contributed by atoms with Gasteiger partial charge < -0.3 is 20.1 Å². The van der Waals surface area contributed by atoms with Crippen LogP contribution in [0.5, 0.6) is 0 Å². The second-order valence-corrected chi connectivity index (χ2v) is 5.52. The van der Waals surface area contributed by atoms with Crippen molar-refractivity contribution >= 4 is 17.3 Å². The van der Waals surface area contributed by atoms with Gasteiger partial charge in [0.2, 0.25) is 0 Å². The van der Waals surface area contributed by atoms with E-state index in [1.54, 1.807) is 0 Å². The lowest BCUT2D eigenvalue weighted by Crippen LogP contribution is -2.38. The smallest absolute Gasteiger partial charge is 0.0701 e. The third-order valence-corrected chi connectivity index (χ3v) is 3.87. The first kappa shape index (κ1) is 15.6. The number of aliphatic hydroxyl groups excluding tert-OH is 1. The van der Waals surface area contributed by atoms with Crippen LogP contribution in [0.2, 0.25) is 5.02 Å². The Bertz CT molecular complexity index is 420. The predicted octanol–water partition coefficient (Wildman–Crippen LogP) is 2.04. The maximum atomic E-state index is 8.79. The molecular formula is C15H23ClN2O2. The van der Waals surface area contributed by atoms with E-state index in [1.165, 1.54) is 11.3 Å². The van der Waals surface area contributed by atoms with Crippen LogP contribution in [0.3, 0.4) is 0 Å². The van der Waals surface area contributed by atoms with Crippen molar-refractivity contribution in [1.82, 2.24) is 5.32 Å². The van der Waals surface area contributed by atoms with E-state index in [1.807, 2.05) is 19.2 Å². The number of piperidine rings is 1. The largest absolute Gasteiger partial charge is 0.394 e. The number of ether oxygens (including phenoxy) is 1. The molecule has 0 bridgehead atoms. The van der Waals surface area contributed by atoms with Gasteiger partial charge in [-0.05, 0) is 43.7 Å². The number of anilines is 1. The van der Waals surface area contributed by atoms with Crippen molar-refractivity contribution < 1.29 is 9.84 Å². The van der Waals surface area contributed by atoms with E-state index >= 15 is 0 Å². The lowest BCUT2D eigenvalue weighted by atomic mass is 10.0. The number of rotatable bonds is 6. The van der Waals surface area contributed by atoms with Gasteiger partial charge in [-0.15, -0.1) is 0 Å². The number of aliphatic hydroxyl groups is 1. The van der Waals surface area contributed by atoms with Gasteiger partial charge >= 0.3 is 0 Å². The molecular weight excluding hydrogens is 276 g/mol. The van der Waals surface area contributed by atoms with Crippen LogP contribution in [0.15, 0.2) is 18.2 Å². The molecule has 0 spiro atoms. The van der Waals surface area contributed by atoms with Gasteiger partial charge in [-0.2, -0.15) is 0 Å². The van der Waals surface area contributed by atoms with E-state index in [2.05, 4.69) is 16.3 Å².